The highest BCUT2D eigenvalue weighted by atomic mass is 32.2. The number of sulfonamides is 1. The number of allylic oxidation sites excluding steroid dienone is 1. The van der Waals surface area contributed by atoms with E-state index in [1.165, 1.54) is 30.7 Å². The van der Waals surface area contributed by atoms with Crippen LogP contribution in [0.15, 0.2) is 53.9 Å². The lowest BCUT2D eigenvalue weighted by Crippen LogP contribution is -2.35. The molecule has 3 rings (SSSR count). The number of carbonyl (C=O) groups is 1. The molecule has 1 aliphatic heterocycles. The van der Waals surface area contributed by atoms with E-state index in [4.69, 9.17) is 14.2 Å². The van der Waals surface area contributed by atoms with Crippen molar-refractivity contribution >= 4 is 21.6 Å². The summed E-state index contributed by atoms with van der Waals surface area (Å²) < 4.78 is 44.0. The van der Waals surface area contributed by atoms with Gasteiger partial charge in [-0.05, 0) is 55.2 Å². The predicted octanol–water partition coefficient (Wildman–Crippen LogP) is 3.62. The number of benzene rings is 2. The number of amides is 1. The van der Waals surface area contributed by atoms with Gasteiger partial charge in [0.1, 0.15) is 10.6 Å². The molecule has 0 aromatic heterocycles. The van der Waals surface area contributed by atoms with Crippen LogP contribution in [0.5, 0.6) is 17.2 Å². The largest absolute Gasteiger partial charge is 0.495 e. The van der Waals surface area contributed by atoms with Gasteiger partial charge in [0.25, 0.3) is 5.91 Å². The lowest BCUT2D eigenvalue weighted by atomic mass is 10.1. The zero-order chi connectivity index (χ0) is 23.8. The first-order chi connectivity index (χ1) is 15.9. The zero-order valence-corrected chi connectivity index (χ0v) is 19.8. The molecular weight excluding hydrogens is 444 g/mol. The molecule has 2 aromatic rings. The van der Waals surface area contributed by atoms with Crippen molar-refractivity contribution in [1.82, 2.24) is 4.31 Å². The third-order valence-corrected chi connectivity index (χ3v) is 7.27. The van der Waals surface area contributed by atoms with Crippen molar-refractivity contribution in [3.05, 3.63) is 54.6 Å². The van der Waals surface area contributed by atoms with Gasteiger partial charge in [0.15, 0.2) is 18.1 Å². The number of methoxy groups -OCH3 is 2. The fourth-order valence-electron chi connectivity index (χ4n) is 3.67. The first-order valence-corrected chi connectivity index (χ1v) is 12.2. The van der Waals surface area contributed by atoms with Crippen LogP contribution in [0.1, 0.15) is 24.8 Å². The second-order valence-corrected chi connectivity index (χ2v) is 9.55. The number of carbonyl (C=O) groups excluding carboxylic acids is 1. The topological polar surface area (TPSA) is 94.2 Å². The fraction of sp³-hybridized carbons (Fsp3) is 0.375. The average molecular weight is 475 g/mol. The summed E-state index contributed by atoms with van der Waals surface area (Å²) in [5, 5.41) is 2.69. The van der Waals surface area contributed by atoms with E-state index in [9.17, 15) is 13.2 Å². The van der Waals surface area contributed by atoms with E-state index in [0.717, 1.165) is 24.8 Å². The van der Waals surface area contributed by atoms with E-state index in [2.05, 4.69) is 11.9 Å². The third-order valence-electron chi connectivity index (χ3n) is 5.35. The minimum absolute atomic E-state index is 0.0325. The number of hydrogen-bond donors (Lipinski definition) is 1. The molecule has 0 bridgehead atoms. The Morgan fingerprint density at radius 3 is 2.39 bits per heavy atom. The molecule has 2 aromatic carbocycles. The zero-order valence-electron chi connectivity index (χ0n) is 19.0. The van der Waals surface area contributed by atoms with Crippen molar-refractivity contribution in [2.75, 3.05) is 39.2 Å². The average Bonchev–Trinajstić information content (AvgIpc) is 2.83. The lowest BCUT2D eigenvalue weighted by molar-refractivity contribution is -0.118. The molecule has 1 saturated heterocycles. The Labute approximate surface area is 195 Å². The minimum Gasteiger partial charge on any atom is -0.495 e. The van der Waals surface area contributed by atoms with Gasteiger partial charge in [-0.2, -0.15) is 4.31 Å². The molecule has 0 saturated carbocycles. The number of nitrogens with one attached hydrogen (secondary N) is 1. The molecule has 1 amide bonds. The van der Waals surface area contributed by atoms with Gasteiger partial charge in [-0.15, -0.1) is 6.58 Å². The highest BCUT2D eigenvalue weighted by Crippen LogP contribution is 2.31. The van der Waals surface area contributed by atoms with Crippen LogP contribution in [0, 0.1) is 0 Å². The number of rotatable bonds is 10. The quantitative estimate of drug-likeness (QED) is 0.529. The van der Waals surface area contributed by atoms with Gasteiger partial charge in [-0.1, -0.05) is 18.6 Å². The third kappa shape index (κ3) is 6.06. The number of hydrogen-bond acceptors (Lipinski definition) is 6. The summed E-state index contributed by atoms with van der Waals surface area (Å²) in [7, 11) is -0.784. The molecule has 0 aliphatic carbocycles. The lowest BCUT2D eigenvalue weighted by Gasteiger charge is -2.26. The minimum atomic E-state index is -3.73. The molecule has 9 heteroatoms. The van der Waals surface area contributed by atoms with E-state index in [1.54, 1.807) is 18.2 Å². The van der Waals surface area contributed by atoms with Crippen molar-refractivity contribution in [2.24, 2.45) is 0 Å². The number of nitrogens with zero attached hydrogens (tertiary/aromatic N) is 1. The van der Waals surface area contributed by atoms with Gasteiger partial charge in [-0.3, -0.25) is 4.79 Å². The second-order valence-electron chi connectivity index (χ2n) is 7.65. The molecule has 1 heterocycles. The monoisotopic (exact) mass is 474 g/mol. The smallest absolute Gasteiger partial charge is 0.262 e. The summed E-state index contributed by atoms with van der Waals surface area (Å²) in [6, 6.07) is 9.99. The summed E-state index contributed by atoms with van der Waals surface area (Å²) >= 11 is 0. The number of piperidine rings is 1. The molecule has 0 spiro atoms. The van der Waals surface area contributed by atoms with Crippen molar-refractivity contribution in [3.63, 3.8) is 0 Å². The van der Waals surface area contributed by atoms with Crippen LogP contribution >= 0.6 is 0 Å². The summed E-state index contributed by atoms with van der Waals surface area (Å²) in [4.78, 5) is 12.5. The Morgan fingerprint density at radius 2 is 1.73 bits per heavy atom. The predicted molar refractivity (Wildman–Crippen MR) is 127 cm³/mol. The normalized spacial score (nSPS) is 14.4. The van der Waals surface area contributed by atoms with E-state index in [1.807, 2.05) is 12.1 Å². The highest BCUT2D eigenvalue weighted by Gasteiger charge is 2.29. The summed E-state index contributed by atoms with van der Waals surface area (Å²) in [6.45, 7) is 4.40. The number of anilines is 1. The van der Waals surface area contributed by atoms with Crippen molar-refractivity contribution in [2.45, 2.75) is 30.6 Å². The van der Waals surface area contributed by atoms with Gasteiger partial charge in [0.05, 0.1) is 14.2 Å². The Morgan fingerprint density at radius 1 is 1.03 bits per heavy atom. The van der Waals surface area contributed by atoms with Crippen LogP contribution in [0.4, 0.5) is 5.69 Å². The maximum atomic E-state index is 13.1. The molecule has 178 valence electrons. The van der Waals surface area contributed by atoms with Crippen molar-refractivity contribution in [1.29, 1.82) is 0 Å². The van der Waals surface area contributed by atoms with E-state index in [0.29, 0.717) is 36.7 Å². The van der Waals surface area contributed by atoms with Gasteiger partial charge in [0, 0.05) is 18.8 Å². The molecule has 0 atom stereocenters. The highest BCUT2D eigenvalue weighted by molar-refractivity contribution is 7.89. The van der Waals surface area contributed by atoms with Crippen LogP contribution in [0.3, 0.4) is 0 Å². The molecule has 0 unspecified atom stereocenters. The SMILES string of the molecule is C=CCc1ccc(OCC(=O)Nc2ccc(OC)c(S(=O)(=O)N3CCCCC3)c2)c(OC)c1. The Hall–Kier alpha value is -3.04. The molecule has 1 aliphatic rings. The van der Waals surface area contributed by atoms with E-state index < -0.39 is 15.9 Å². The molecule has 8 nitrogen and oxygen atoms in total. The molecular formula is C24H30N2O6S. The van der Waals surface area contributed by atoms with Gasteiger partial charge >= 0.3 is 0 Å². The summed E-state index contributed by atoms with van der Waals surface area (Å²) in [6.07, 6.45) is 5.15. The maximum Gasteiger partial charge on any atom is 0.262 e. The molecule has 1 fully saturated rings. The van der Waals surface area contributed by atoms with Crippen LogP contribution in [0.2, 0.25) is 0 Å². The van der Waals surface area contributed by atoms with Crippen LogP contribution in [-0.4, -0.2) is 52.5 Å². The standard InChI is InChI=1S/C24H30N2O6S/c1-4-8-18-9-11-20(22(15-18)31-3)32-17-24(27)25-19-10-12-21(30-2)23(16-19)33(28,29)26-13-6-5-7-14-26/h4,9-12,15-16H,1,5-8,13-14,17H2,2-3H3,(H,25,27). The van der Waals surface area contributed by atoms with E-state index >= 15 is 0 Å². The van der Waals surface area contributed by atoms with Crippen molar-refractivity contribution in [3.8, 4) is 17.2 Å². The van der Waals surface area contributed by atoms with E-state index in [-0.39, 0.29) is 17.3 Å². The summed E-state index contributed by atoms with van der Waals surface area (Å²) in [5.41, 5.74) is 1.35. The molecule has 0 radical (unpaired) electrons. The van der Waals surface area contributed by atoms with Crippen LogP contribution < -0.4 is 19.5 Å². The molecule has 1 N–H and O–H groups in total. The van der Waals surface area contributed by atoms with Crippen LogP contribution in [0.25, 0.3) is 0 Å². The first kappa shape index (κ1) is 24.6. The Balaban J connectivity index is 1.71. The second kappa shape index (κ2) is 11.2. The Bertz CT molecular complexity index is 1090. The molecule has 33 heavy (non-hydrogen) atoms. The fourth-order valence-corrected chi connectivity index (χ4v) is 5.36. The first-order valence-electron chi connectivity index (χ1n) is 10.8. The van der Waals surface area contributed by atoms with Gasteiger partial charge in [0.2, 0.25) is 10.0 Å². The Kier molecular flexibility index (Phi) is 8.35. The van der Waals surface area contributed by atoms with Gasteiger partial charge in [-0.25, -0.2) is 8.42 Å². The van der Waals surface area contributed by atoms with Crippen molar-refractivity contribution < 1.29 is 27.4 Å². The van der Waals surface area contributed by atoms with Crippen LogP contribution in [-0.2, 0) is 21.2 Å². The summed E-state index contributed by atoms with van der Waals surface area (Å²) in [5.74, 6) is 0.753. The number of ether oxygens (including phenoxy) is 3. The van der Waals surface area contributed by atoms with Gasteiger partial charge < -0.3 is 19.5 Å². The maximum absolute atomic E-state index is 13.1.